The van der Waals surface area contributed by atoms with Crippen molar-refractivity contribution in [3.05, 3.63) is 129 Å². The van der Waals surface area contributed by atoms with Crippen molar-refractivity contribution in [2.45, 2.75) is 126 Å². The van der Waals surface area contributed by atoms with Gasteiger partial charge in [-0.25, -0.2) is 4.21 Å². The Balaban J connectivity index is 1.16. The molecule has 0 saturated carbocycles. The van der Waals surface area contributed by atoms with E-state index in [1.807, 2.05) is 24.3 Å². The van der Waals surface area contributed by atoms with Crippen molar-refractivity contribution in [2.75, 3.05) is 0 Å². The molecule has 4 aromatic rings. The summed E-state index contributed by atoms with van der Waals surface area (Å²) in [5.74, 6) is 0. The zero-order valence-electron chi connectivity index (χ0n) is 30.9. The third kappa shape index (κ3) is 6.71. The maximum absolute atomic E-state index is 13.5. The summed E-state index contributed by atoms with van der Waals surface area (Å²) in [7, 11) is -1.24. The van der Waals surface area contributed by atoms with Crippen molar-refractivity contribution in [3.8, 4) is 0 Å². The summed E-state index contributed by atoms with van der Waals surface area (Å²) < 4.78 is 13.5. The molecule has 0 saturated heterocycles. The summed E-state index contributed by atoms with van der Waals surface area (Å²) in [6, 6.07) is 30.5. The van der Waals surface area contributed by atoms with E-state index in [1.165, 1.54) is 70.2 Å². The molecule has 0 spiro atoms. The van der Waals surface area contributed by atoms with Crippen LogP contribution in [0.2, 0.25) is 0 Å². The van der Waals surface area contributed by atoms with Crippen LogP contribution in [0.15, 0.2) is 94.7 Å². The Morgan fingerprint density at radius 2 is 0.792 bits per heavy atom. The SMILES string of the molecule is CC(=Cc1ccc(S(=O)c2ccc(C=C(C)c3ccc4c(c3)C(C)(C)CCC4(C)C)cc2)cc1)c1ccc2c(c1)C(C)(C)CCC2(C)C. The van der Waals surface area contributed by atoms with Gasteiger partial charge in [-0.05, 0) is 141 Å². The fraction of sp³-hybridized carbons (Fsp3) is 0.391. The number of benzene rings is 4. The van der Waals surface area contributed by atoms with Gasteiger partial charge < -0.3 is 0 Å². The molecule has 2 aliphatic carbocycles. The second kappa shape index (κ2) is 12.4. The molecule has 0 radical (unpaired) electrons. The van der Waals surface area contributed by atoms with Crippen LogP contribution in [0.4, 0.5) is 0 Å². The molecule has 0 aliphatic heterocycles. The van der Waals surface area contributed by atoms with Crippen molar-refractivity contribution in [2.24, 2.45) is 0 Å². The minimum Gasteiger partial charge on any atom is -0.249 e. The van der Waals surface area contributed by atoms with Crippen molar-refractivity contribution >= 4 is 34.1 Å². The van der Waals surface area contributed by atoms with Gasteiger partial charge in [-0.15, -0.1) is 0 Å². The predicted octanol–water partition coefficient (Wildman–Crippen LogP) is 12.7. The van der Waals surface area contributed by atoms with Gasteiger partial charge in [-0.1, -0.05) is 128 Å². The molecular formula is C46H54OS. The van der Waals surface area contributed by atoms with E-state index in [9.17, 15) is 4.21 Å². The van der Waals surface area contributed by atoms with Crippen LogP contribution in [0.25, 0.3) is 23.3 Å². The minimum absolute atomic E-state index is 0.191. The normalized spacial score (nSPS) is 20.0. The molecule has 0 aromatic heterocycles. The van der Waals surface area contributed by atoms with E-state index >= 15 is 0 Å². The third-order valence-electron chi connectivity index (χ3n) is 11.6. The topological polar surface area (TPSA) is 17.1 Å². The lowest BCUT2D eigenvalue weighted by molar-refractivity contribution is 0.332. The summed E-state index contributed by atoms with van der Waals surface area (Å²) in [6.45, 7) is 23.4. The molecule has 250 valence electrons. The molecular weight excluding hydrogens is 601 g/mol. The molecule has 0 unspecified atom stereocenters. The molecule has 0 heterocycles. The van der Waals surface area contributed by atoms with Gasteiger partial charge in [0.25, 0.3) is 0 Å². The van der Waals surface area contributed by atoms with Crippen LogP contribution in [-0.2, 0) is 32.5 Å². The first-order valence-electron chi connectivity index (χ1n) is 17.8. The van der Waals surface area contributed by atoms with E-state index in [0.717, 1.165) is 20.9 Å². The summed E-state index contributed by atoms with van der Waals surface area (Å²) in [4.78, 5) is 1.64. The van der Waals surface area contributed by atoms with Gasteiger partial charge in [0, 0.05) is 9.79 Å². The Labute approximate surface area is 293 Å². The Hall–Kier alpha value is -3.49. The van der Waals surface area contributed by atoms with Gasteiger partial charge in [-0.2, -0.15) is 0 Å². The smallest absolute Gasteiger partial charge is 0.0849 e. The van der Waals surface area contributed by atoms with Crippen LogP contribution in [-0.4, -0.2) is 4.21 Å². The van der Waals surface area contributed by atoms with E-state index in [1.54, 1.807) is 0 Å². The van der Waals surface area contributed by atoms with Gasteiger partial charge in [0.1, 0.15) is 0 Å². The Morgan fingerprint density at radius 3 is 1.12 bits per heavy atom. The molecule has 2 aliphatic rings. The second-order valence-corrected chi connectivity index (χ2v) is 18.6. The first-order valence-corrected chi connectivity index (χ1v) is 18.9. The van der Waals surface area contributed by atoms with Crippen molar-refractivity contribution in [3.63, 3.8) is 0 Å². The fourth-order valence-electron chi connectivity index (χ4n) is 7.85. The molecule has 0 amide bonds. The van der Waals surface area contributed by atoms with E-state index in [4.69, 9.17) is 0 Å². The van der Waals surface area contributed by atoms with Crippen LogP contribution in [0.3, 0.4) is 0 Å². The number of rotatable bonds is 6. The lowest BCUT2D eigenvalue weighted by Gasteiger charge is -2.42. The average molecular weight is 655 g/mol. The van der Waals surface area contributed by atoms with Crippen LogP contribution < -0.4 is 0 Å². The van der Waals surface area contributed by atoms with Gasteiger partial charge >= 0.3 is 0 Å². The fourth-order valence-corrected chi connectivity index (χ4v) is 8.88. The van der Waals surface area contributed by atoms with Crippen molar-refractivity contribution in [1.82, 2.24) is 0 Å². The highest BCUT2D eigenvalue weighted by Crippen LogP contribution is 2.47. The van der Waals surface area contributed by atoms with Gasteiger partial charge in [0.2, 0.25) is 0 Å². The third-order valence-corrected chi connectivity index (χ3v) is 13.0. The average Bonchev–Trinajstić information content (AvgIpc) is 3.05. The predicted molar refractivity (Wildman–Crippen MR) is 208 cm³/mol. The van der Waals surface area contributed by atoms with Crippen LogP contribution in [0.1, 0.15) is 139 Å². The molecule has 0 atom stereocenters. The largest absolute Gasteiger partial charge is 0.249 e. The van der Waals surface area contributed by atoms with Crippen LogP contribution in [0.5, 0.6) is 0 Å². The summed E-state index contributed by atoms with van der Waals surface area (Å²) in [6.07, 6.45) is 9.35. The molecule has 6 rings (SSSR count). The molecule has 1 nitrogen and oxygen atoms in total. The van der Waals surface area contributed by atoms with Gasteiger partial charge in [0.15, 0.2) is 0 Å². The van der Waals surface area contributed by atoms with Crippen LogP contribution in [0, 0.1) is 0 Å². The summed E-state index contributed by atoms with van der Waals surface area (Å²) >= 11 is 0. The zero-order valence-corrected chi connectivity index (χ0v) is 31.7. The highest BCUT2D eigenvalue weighted by Gasteiger charge is 2.38. The van der Waals surface area contributed by atoms with E-state index in [-0.39, 0.29) is 21.7 Å². The number of hydrogen-bond donors (Lipinski definition) is 0. The van der Waals surface area contributed by atoms with Crippen LogP contribution >= 0.6 is 0 Å². The number of allylic oxidation sites excluding steroid dienone is 2. The van der Waals surface area contributed by atoms with E-state index in [0.29, 0.717) is 0 Å². The van der Waals surface area contributed by atoms with E-state index in [2.05, 4.69) is 142 Å². The summed E-state index contributed by atoms with van der Waals surface area (Å²) in [5.41, 5.74) is 14.1. The molecule has 0 N–H and O–H groups in total. The lowest BCUT2D eigenvalue weighted by Crippen LogP contribution is -2.33. The second-order valence-electron chi connectivity index (χ2n) is 17.1. The molecule has 0 fully saturated rings. The molecule has 0 bridgehead atoms. The first-order chi connectivity index (χ1) is 22.5. The van der Waals surface area contributed by atoms with Crippen molar-refractivity contribution < 1.29 is 4.21 Å². The maximum atomic E-state index is 13.5. The number of hydrogen-bond acceptors (Lipinski definition) is 1. The quantitative estimate of drug-likeness (QED) is 0.189. The number of fused-ring (bicyclic) bond motifs is 2. The lowest BCUT2D eigenvalue weighted by atomic mass is 9.63. The first kappa shape index (κ1) is 34.4. The van der Waals surface area contributed by atoms with Crippen molar-refractivity contribution in [1.29, 1.82) is 0 Å². The highest BCUT2D eigenvalue weighted by atomic mass is 32.2. The van der Waals surface area contributed by atoms with E-state index < -0.39 is 10.8 Å². The Kier molecular flexibility index (Phi) is 8.91. The molecule has 2 heteroatoms. The maximum Gasteiger partial charge on any atom is 0.0849 e. The van der Waals surface area contributed by atoms with Gasteiger partial charge in [0.05, 0.1) is 10.8 Å². The Bertz CT molecular complexity index is 1790. The zero-order chi connectivity index (χ0) is 34.6. The molecule has 48 heavy (non-hydrogen) atoms. The monoisotopic (exact) mass is 654 g/mol. The standard InChI is InChI=1S/C46H54OS/c1-31(35-15-21-39-41(29-35)45(7,8)25-23-43(39,3)4)27-33-11-17-37(18-12-33)48(47)38-19-13-34(14-20-38)28-32(2)36-16-22-40-42(30-36)46(9,10)26-24-44(40,5)6/h11-22,27-30H,23-26H2,1-10H3. The van der Waals surface area contributed by atoms with Gasteiger partial charge in [-0.3, -0.25) is 0 Å². The summed E-state index contributed by atoms with van der Waals surface area (Å²) in [5, 5.41) is 0. The minimum atomic E-state index is -1.24. The Morgan fingerprint density at radius 1 is 0.479 bits per heavy atom. The molecule has 4 aromatic carbocycles. The highest BCUT2D eigenvalue weighted by molar-refractivity contribution is 7.85.